The van der Waals surface area contributed by atoms with Gasteiger partial charge < -0.3 is 19.2 Å². The van der Waals surface area contributed by atoms with Crippen molar-refractivity contribution in [3.05, 3.63) is 94.7 Å². The highest BCUT2D eigenvalue weighted by Gasteiger charge is 2.30. The molecule has 0 radical (unpaired) electrons. The summed E-state index contributed by atoms with van der Waals surface area (Å²) < 4.78 is 57.3. The molecule has 36 heavy (non-hydrogen) atoms. The fourth-order valence-electron chi connectivity index (χ4n) is 3.69. The zero-order chi connectivity index (χ0) is 25.9. The number of hydrogen-bond donors (Lipinski definition) is 1. The van der Waals surface area contributed by atoms with Gasteiger partial charge in [-0.2, -0.15) is 18.3 Å². The van der Waals surface area contributed by atoms with Crippen LogP contribution in [-0.2, 0) is 19.3 Å². The Hall–Kier alpha value is -4.21. The topological polar surface area (TPSA) is 78.5 Å². The molecule has 0 saturated heterocycles. The van der Waals surface area contributed by atoms with E-state index in [0.29, 0.717) is 39.9 Å². The summed E-state index contributed by atoms with van der Waals surface area (Å²) in [7, 11) is 1.54. The zero-order valence-corrected chi connectivity index (χ0v) is 19.8. The van der Waals surface area contributed by atoms with E-state index in [9.17, 15) is 18.0 Å². The summed E-state index contributed by atoms with van der Waals surface area (Å²) >= 11 is 0. The number of carbonyl (C=O) groups excluding carboxylic acids is 1. The van der Waals surface area contributed by atoms with E-state index in [4.69, 9.17) is 13.9 Å². The van der Waals surface area contributed by atoms with Crippen LogP contribution in [0.1, 0.15) is 38.8 Å². The lowest BCUT2D eigenvalue weighted by atomic mass is 10.1. The smallest absolute Gasteiger partial charge is 0.416 e. The average molecular weight is 499 g/mol. The Kier molecular flexibility index (Phi) is 7.05. The zero-order valence-electron chi connectivity index (χ0n) is 19.8. The third-order valence-corrected chi connectivity index (χ3v) is 5.53. The number of halogens is 3. The second kappa shape index (κ2) is 10.2. The van der Waals surface area contributed by atoms with E-state index < -0.39 is 17.6 Å². The van der Waals surface area contributed by atoms with E-state index in [0.717, 1.165) is 12.1 Å². The van der Waals surface area contributed by atoms with Gasteiger partial charge in [0, 0.05) is 0 Å². The van der Waals surface area contributed by atoms with Gasteiger partial charge in [-0.05, 0) is 55.8 Å². The van der Waals surface area contributed by atoms with Crippen LogP contribution in [0, 0.1) is 13.8 Å². The number of ether oxygens (including phenoxy) is 2. The van der Waals surface area contributed by atoms with Crippen LogP contribution in [-0.4, -0.2) is 22.8 Å². The number of furan rings is 1. The summed E-state index contributed by atoms with van der Waals surface area (Å²) in [6.45, 7) is 3.66. The summed E-state index contributed by atoms with van der Waals surface area (Å²) in [4.78, 5) is 12.8. The fraction of sp³-hybridized carbons (Fsp3) is 0.231. The molecular weight excluding hydrogens is 475 g/mol. The first-order chi connectivity index (χ1) is 17.2. The van der Waals surface area contributed by atoms with Crippen molar-refractivity contribution in [3.8, 4) is 11.5 Å². The average Bonchev–Trinajstić information content (AvgIpc) is 3.43. The quantitative estimate of drug-likeness (QED) is 0.322. The van der Waals surface area contributed by atoms with Crippen molar-refractivity contribution in [2.24, 2.45) is 0 Å². The van der Waals surface area contributed by atoms with Gasteiger partial charge in [0.2, 0.25) is 0 Å². The highest BCUT2D eigenvalue weighted by molar-refractivity contribution is 6.02. The number of anilines is 1. The molecule has 0 spiro atoms. The van der Waals surface area contributed by atoms with E-state index in [1.807, 2.05) is 12.1 Å². The molecule has 4 rings (SSSR count). The second-order valence-electron chi connectivity index (χ2n) is 8.06. The fourth-order valence-corrected chi connectivity index (χ4v) is 3.69. The van der Waals surface area contributed by atoms with Crippen LogP contribution in [0.25, 0.3) is 0 Å². The molecule has 4 aromatic rings. The number of alkyl halides is 3. The lowest BCUT2D eigenvalue weighted by Crippen LogP contribution is -2.13. The summed E-state index contributed by atoms with van der Waals surface area (Å²) in [5.74, 6) is 1.16. The third kappa shape index (κ3) is 5.54. The number of aromatic nitrogens is 2. The van der Waals surface area contributed by atoms with Gasteiger partial charge in [-0.1, -0.05) is 24.3 Å². The Balaban J connectivity index is 1.43. The Labute approximate surface area is 205 Å². The summed E-state index contributed by atoms with van der Waals surface area (Å²) in [6, 6.07) is 15.4. The van der Waals surface area contributed by atoms with E-state index in [1.54, 1.807) is 49.9 Å². The molecule has 2 aromatic carbocycles. The molecule has 0 aliphatic heterocycles. The molecule has 0 aliphatic rings. The third-order valence-electron chi connectivity index (χ3n) is 5.53. The summed E-state index contributed by atoms with van der Waals surface area (Å²) in [5, 5.41) is 7.17. The van der Waals surface area contributed by atoms with Crippen LogP contribution in [0.4, 0.5) is 18.9 Å². The van der Waals surface area contributed by atoms with Crippen molar-refractivity contribution in [1.82, 2.24) is 9.78 Å². The van der Waals surface area contributed by atoms with Crippen molar-refractivity contribution < 1.29 is 31.9 Å². The molecule has 1 N–H and O–H groups in total. The van der Waals surface area contributed by atoms with Gasteiger partial charge in [-0.3, -0.25) is 9.48 Å². The predicted molar refractivity (Wildman–Crippen MR) is 126 cm³/mol. The number of hydrogen-bond acceptors (Lipinski definition) is 5. The van der Waals surface area contributed by atoms with E-state index >= 15 is 0 Å². The second-order valence-corrected chi connectivity index (χ2v) is 8.06. The highest BCUT2D eigenvalue weighted by Crippen LogP contribution is 2.30. The molecule has 0 atom stereocenters. The molecule has 188 valence electrons. The van der Waals surface area contributed by atoms with Gasteiger partial charge in [0.15, 0.2) is 17.3 Å². The maximum atomic E-state index is 13.0. The summed E-state index contributed by atoms with van der Waals surface area (Å²) in [6.07, 6.45) is -4.43. The lowest BCUT2D eigenvalue weighted by molar-refractivity contribution is -0.137. The molecule has 2 aromatic heterocycles. The number of rotatable bonds is 8. The number of carbonyl (C=O) groups is 1. The summed E-state index contributed by atoms with van der Waals surface area (Å²) in [5.41, 5.74) is 1.32. The Bertz CT molecular complexity index is 1380. The minimum absolute atomic E-state index is 0.0815. The number of nitrogens with zero attached hydrogens (tertiary/aromatic N) is 2. The molecule has 7 nitrogen and oxygen atoms in total. The normalized spacial score (nSPS) is 11.4. The van der Waals surface area contributed by atoms with Crippen molar-refractivity contribution in [1.29, 1.82) is 0 Å². The molecule has 2 heterocycles. The first-order valence-corrected chi connectivity index (χ1v) is 11.0. The van der Waals surface area contributed by atoms with Gasteiger partial charge in [-0.25, -0.2) is 0 Å². The highest BCUT2D eigenvalue weighted by atomic mass is 19.4. The van der Waals surface area contributed by atoms with Gasteiger partial charge in [0.05, 0.1) is 36.3 Å². The maximum Gasteiger partial charge on any atom is 0.416 e. The SMILES string of the molecule is COc1ccccc1OCc1ccc(C(=O)Nc2c(C)nn(Cc3cccc(C(F)(F)F)c3)c2C)o1. The number of benzene rings is 2. The predicted octanol–water partition coefficient (Wildman–Crippen LogP) is 6.00. The first kappa shape index (κ1) is 24.9. The van der Waals surface area contributed by atoms with Crippen LogP contribution in [0.3, 0.4) is 0 Å². The first-order valence-electron chi connectivity index (χ1n) is 11.0. The van der Waals surface area contributed by atoms with E-state index in [1.165, 1.54) is 12.1 Å². The van der Waals surface area contributed by atoms with Crippen LogP contribution < -0.4 is 14.8 Å². The monoisotopic (exact) mass is 499 g/mol. The molecular formula is C26H24F3N3O4. The standard InChI is InChI=1S/C26H24F3N3O4/c1-16-24(17(2)32(31-16)14-18-7-6-8-19(13-18)26(27,28)29)30-25(33)23-12-11-20(36-23)15-35-22-10-5-4-9-21(22)34-3/h4-13H,14-15H2,1-3H3,(H,30,33). The minimum Gasteiger partial charge on any atom is -0.493 e. The molecule has 1 amide bonds. The largest absolute Gasteiger partial charge is 0.493 e. The number of para-hydroxylation sites is 2. The van der Waals surface area contributed by atoms with Crippen molar-refractivity contribution >= 4 is 11.6 Å². The van der Waals surface area contributed by atoms with E-state index in [-0.39, 0.29) is 18.9 Å². The molecule has 0 unspecified atom stereocenters. The Morgan fingerprint density at radius 1 is 1.06 bits per heavy atom. The molecule has 0 saturated carbocycles. The number of nitrogens with one attached hydrogen (secondary N) is 1. The Morgan fingerprint density at radius 3 is 2.53 bits per heavy atom. The van der Waals surface area contributed by atoms with Gasteiger partial charge in [-0.15, -0.1) is 0 Å². The van der Waals surface area contributed by atoms with Crippen molar-refractivity contribution in [3.63, 3.8) is 0 Å². The van der Waals surface area contributed by atoms with Crippen LogP contribution in [0.2, 0.25) is 0 Å². The molecule has 10 heteroatoms. The molecule has 0 fully saturated rings. The maximum absolute atomic E-state index is 13.0. The number of aryl methyl sites for hydroxylation is 1. The van der Waals surface area contributed by atoms with Crippen molar-refractivity contribution in [2.45, 2.75) is 33.2 Å². The van der Waals surface area contributed by atoms with Crippen LogP contribution in [0.5, 0.6) is 11.5 Å². The number of methoxy groups -OCH3 is 1. The minimum atomic E-state index is -4.43. The van der Waals surface area contributed by atoms with Crippen molar-refractivity contribution in [2.75, 3.05) is 12.4 Å². The van der Waals surface area contributed by atoms with Gasteiger partial charge in [0.25, 0.3) is 5.91 Å². The number of amides is 1. The van der Waals surface area contributed by atoms with Crippen LogP contribution >= 0.6 is 0 Å². The van der Waals surface area contributed by atoms with Gasteiger partial charge >= 0.3 is 6.18 Å². The molecule has 0 bridgehead atoms. The lowest BCUT2D eigenvalue weighted by Gasteiger charge is -2.10. The Morgan fingerprint density at radius 2 is 1.81 bits per heavy atom. The van der Waals surface area contributed by atoms with E-state index in [2.05, 4.69) is 10.4 Å². The van der Waals surface area contributed by atoms with Crippen LogP contribution in [0.15, 0.2) is 65.1 Å². The molecule has 0 aliphatic carbocycles. The van der Waals surface area contributed by atoms with Gasteiger partial charge in [0.1, 0.15) is 12.4 Å².